The van der Waals surface area contributed by atoms with Crippen LogP contribution in [0.4, 0.5) is 0 Å². The van der Waals surface area contributed by atoms with Gasteiger partial charge in [-0.2, -0.15) is 0 Å². The average molecular weight is 287 g/mol. The van der Waals surface area contributed by atoms with Gasteiger partial charge < -0.3 is 10.1 Å². The molecule has 0 radical (unpaired) electrons. The predicted octanol–water partition coefficient (Wildman–Crippen LogP) is 2.24. The number of methoxy groups -OCH3 is 1. The summed E-state index contributed by atoms with van der Waals surface area (Å²) in [5.41, 5.74) is 0.383. The molecule has 1 aromatic rings. The average Bonchev–Trinajstić information content (AvgIpc) is 2.25. The van der Waals surface area contributed by atoms with Crippen molar-refractivity contribution < 1.29 is 9.53 Å². The number of carbonyl (C=O) groups excluding carboxylic acids is 1. The monoisotopic (exact) mass is 286 g/mol. The summed E-state index contributed by atoms with van der Waals surface area (Å²) in [6, 6.07) is 3.35. The van der Waals surface area contributed by atoms with E-state index >= 15 is 0 Å². The third kappa shape index (κ3) is 3.48. The molecule has 0 aliphatic rings. The number of ether oxygens (including phenoxy) is 1. The lowest BCUT2D eigenvalue weighted by molar-refractivity contribution is 0.0944. The molecule has 0 bridgehead atoms. The first-order chi connectivity index (χ1) is 7.54. The highest BCUT2D eigenvalue weighted by Crippen LogP contribution is 2.21. The molecule has 1 N–H and O–H groups in total. The lowest BCUT2D eigenvalue weighted by Crippen LogP contribution is -2.28. The third-order valence-electron chi connectivity index (χ3n) is 1.94. The third-order valence-corrected chi connectivity index (χ3v) is 2.51. The van der Waals surface area contributed by atoms with Gasteiger partial charge in [0.25, 0.3) is 5.91 Å². The number of hydrogen-bond donors (Lipinski definition) is 1. The smallest absolute Gasteiger partial charge is 0.269 e. The molecule has 1 heterocycles. The maximum atomic E-state index is 11.7. The van der Waals surface area contributed by atoms with Gasteiger partial charge in [0.1, 0.15) is 10.3 Å². The Labute approximate surface area is 104 Å². The van der Waals surface area contributed by atoms with Crippen molar-refractivity contribution in [3.8, 4) is 5.75 Å². The van der Waals surface area contributed by atoms with Crippen LogP contribution in [0.5, 0.6) is 5.75 Å². The molecule has 1 amide bonds. The molecule has 16 heavy (non-hydrogen) atoms. The van der Waals surface area contributed by atoms with Crippen molar-refractivity contribution in [1.82, 2.24) is 10.3 Å². The highest BCUT2D eigenvalue weighted by molar-refractivity contribution is 9.10. The van der Waals surface area contributed by atoms with E-state index in [1.165, 1.54) is 0 Å². The Morgan fingerprint density at radius 2 is 2.25 bits per heavy atom. The van der Waals surface area contributed by atoms with E-state index < -0.39 is 0 Å². The fourth-order valence-corrected chi connectivity index (χ4v) is 1.57. The summed E-state index contributed by atoms with van der Waals surface area (Å²) in [5.74, 6) is 0.864. The molecule has 88 valence electrons. The Morgan fingerprint density at radius 1 is 1.56 bits per heavy atom. The van der Waals surface area contributed by atoms with Gasteiger partial charge in [0.15, 0.2) is 5.75 Å². The summed E-state index contributed by atoms with van der Waals surface area (Å²) >= 11 is 3.24. The maximum absolute atomic E-state index is 11.7. The zero-order valence-corrected chi connectivity index (χ0v) is 11.2. The largest absolute Gasteiger partial charge is 0.494 e. The van der Waals surface area contributed by atoms with Crippen LogP contribution in [0.3, 0.4) is 0 Å². The van der Waals surface area contributed by atoms with Crippen LogP contribution in [0.2, 0.25) is 0 Å². The van der Waals surface area contributed by atoms with E-state index in [1.807, 2.05) is 13.8 Å². The highest BCUT2D eigenvalue weighted by Gasteiger charge is 2.10. The first-order valence-electron chi connectivity index (χ1n) is 5.03. The van der Waals surface area contributed by atoms with E-state index in [9.17, 15) is 4.79 Å². The van der Waals surface area contributed by atoms with Gasteiger partial charge in [0, 0.05) is 6.54 Å². The molecule has 1 aromatic heterocycles. The van der Waals surface area contributed by atoms with Gasteiger partial charge >= 0.3 is 0 Å². The number of nitrogens with zero attached hydrogens (tertiary/aromatic N) is 1. The Bertz CT molecular complexity index is 380. The predicted molar refractivity (Wildman–Crippen MR) is 65.7 cm³/mol. The molecule has 0 fully saturated rings. The highest BCUT2D eigenvalue weighted by atomic mass is 79.9. The van der Waals surface area contributed by atoms with E-state index in [1.54, 1.807) is 19.2 Å². The van der Waals surface area contributed by atoms with Crippen LogP contribution in [-0.4, -0.2) is 24.5 Å². The van der Waals surface area contributed by atoms with E-state index in [0.29, 0.717) is 28.5 Å². The number of halogens is 1. The summed E-state index contributed by atoms with van der Waals surface area (Å²) in [6.45, 7) is 4.72. The second kappa shape index (κ2) is 5.84. The number of pyridine rings is 1. The van der Waals surface area contributed by atoms with Gasteiger partial charge in [-0.3, -0.25) is 4.79 Å². The van der Waals surface area contributed by atoms with Crippen molar-refractivity contribution in [2.45, 2.75) is 13.8 Å². The van der Waals surface area contributed by atoms with Crippen LogP contribution in [0.25, 0.3) is 0 Å². The van der Waals surface area contributed by atoms with E-state index in [2.05, 4.69) is 26.2 Å². The lowest BCUT2D eigenvalue weighted by atomic mass is 10.2. The Kier molecular flexibility index (Phi) is 4.73. The number of rotatable bonds is 4. The number of hydrogen-bond acceptors (Lipinski definition) is 3. The van der Waals surface area contributed by atoms with Crippen LogP contribution in [0.1, 0.15) is 24.3 Å². The molecule has 4 nitrogen and oxygen atoms in total. The summed E-state index contributed by atoms with van der Waals surface area (Å²) in [6.07, 6.45) is 0. The van der Waals surface area contributed by atoms with Crippen LogP contribution in [0.15, 0.2) is 16.7 Å². The van der Waals surface area contributed by atoms with E-state index in [-0.39, 0.29) is 5.91 Å². The molecule has 0 aliphatic heterocycles. The molecule has 0 aromatic carbocycles. The standard InChI is InChI=1S/C11H15BrN2O2/c1-7(2)6-13-11(15)8-4-5-9(16-3)10(12)14-8/h4-5,7H,6H2,1-3H3,(H,13,15). The minimum atomic E-state index is -0.169. The normalized spacial score (nSPS) is 10.3. The fourth-order valence-electron chi connectivity index (χ4n) is 1.09. The molecule has 0 atom stereocenters. The zero-order valence-electron chi connectivity index (χ0n) is 9.58. The molecule has 0 saturated heterocycles. The molecule has 5 heteroatoms. The summed E-state index contributed by atoms with van der Waals surface area (Å²) in [4.78, 5) is 15.8. The molecule has 0 spiro atoms. The van der Waals surface area contributed by atoms with Crippen molar-refractivity contribution in [3.63, 3.8) is 0 Å². The van der Waals surface area contributed by atoms with Gasteiger partial charge in [-0.15, -0.1) is 0 Å². The number of amides is 1. The molecule has 0 unspecified atom stereocenters. The number of aromatic nitrogens is 1. The SMILES string of the molecule is COc1ccc(C(=O)NCC(C)C)nc1Br. The Hall–Kier alpha value is -1.10. The molecular weight excluding hydrogens is 272 g/mol. The van der Waals surface area contributed by atoms with Gasteiger partial charge in [-0.1, -0.05) is 13.8 Å². The van der Waals surface area contributed by atoms with E-state index in [0.717, 1.165) is 0 Å². The Morgan fingerprint density at radius 3 is 2.75 bits per heavy atom. The number of carbonyl (C=O) groups is 1. The minimum absolute atomic E-state index is 0.169. The first-order valence-corrected chi connectivity index (χ1v) is 5.82. The first kappa shape index (κ1) is 13.0. The lowest BCUT2D eigenvalue weighted by Gasteiger charge is -2.08. The minimum Gasteiger partial charge on any atom is -0.494 e. The summed E-state index contributed by atoms with van der Waals surface area (Å²) in [7, 11) is 1.56. The zero-order chi connectivity index (χ0) is 12.1. The molecule has 0 aliphatic carbocycles. The van der Waals surface area contributed by atoms with Crippen molar-refractivity contribution in [2.75, 3.05) is 13.7 Å². The van der Waals surface area contributed by atoms with Gasteiger partial charge in [0.2, 0.25) is 0 Å². The van der Waals surface area contributed by atoms with Crippen LogP contribution in [0, 0.1) is 5.92 Å². The van der Waals surface area contributed by atoms with Crippen LogP contribution >= 0.6 is 15.9 Å². The molecule has 1 rings (SSSR count). The number of nitrogens with one attached hydrogen (secondary N) is 1. The topological polar surface area (TPSA) is 51.2 Å². The second-order valence-corrected chi connectivity index (χ2v) is 4.54. The van der Waals surface area contributed by atoms with Crippen LogP contribution in [-0.2, 0) is 0 Å². The fraction of sp³-hybridized carbons (Fsp3) is 0.455. The van der Waals surface area contributed by atoms with E-state index in [4.69, 9.17) is 4.74 Å². The second-order valence-electron chi connectivity index (χ2n) is 3.79. The Balaban J connectivity index is 2.73. The molecule has 0 saturated carbocycles. The maximum Gasteiger partial charge on any atom is 0.269 e. The summed E-state index contributed by atoms with van der Waals surface area (Å²) < 4.78 is 5.57. The van der Waals surface area contributed by atoms with Gasteiger partial charge in [0.05, 0.1) is 7.11 Å². The molecular formula is C11H15BrN2O2. The van der Waals surface area contributed by atoms with Crippen molar-refractivity contribution in [2.24, 2.45) is 5.92 Å². The van der Waals surface area contributed by atoms with Crippen molar-refractivity contribution in [3.05, 3.63) is 22.4 Å². The van der Waals surface area contributed by atoms with Gasteiger partial charge in [-0.25, -0.2) is 4.98 Å². The van der Waals surface area contributed by atoms with Crippen LogP contribution < -0.4 is 10.1 Å². The van der Waals surface area contributed by atoms with Crippen molar-refractivity contribution in [1.29, 1.82) is 0 Å². The van der Waals surface area contributed by atoms with Gasteiger partial charge in [-0.05, 0) is 34.0 Å². The van der Waals surface area contributed by atoms with Crippen molar-refractivity contribution >= 4 is 21.8 Å². The summed E-state index contributed by atoms with van der Waals surface area (Å²) in [5, 5.41) is 2.80. The quantitative estimate of drug-likeness (QED) is 0.864.